The smallest absolute Gasteiger partial charge is 0.251 e. The SMILES string of the molecule is COCCNC(=O)CCNC(=O)c1ccc(Cl)cc1. The van der Waals surface area contributed by atoms with E-state index in [1.54, 1.807) is 31.4 Å². The van der Waals surface area contributed by atoms with Crippen molar-refractivity contribution < 1.29 is 14.3 Å². The fraction of sp³-hybridized carbons (Fsp3) is 0.385. The molecule has 2 amide bonds. The van der Waals surface area contributed by atoms with Crippen molar-refractivity contribution in [2.24, 2.45) is 0 Å². The first-order valence-corrected chi connectivity index (χ1v) is 6.30. The van der Waals surface area contributed by atoms with Crippen LogP contribution >= 0.6 is 11.6 Å². The molecule has 19 heavy (non-hydrogen) atoms. The first kappa shape index (κ1) is 15.5. The molecule has 0 aliphatic carbocycles. The number of nitrogens with one attached hydrogen (secondary N) is 2. The topological polar surface area (TPSA) is 67.4 Å². The van der Waals surface area contributed by atoms with Crippen molar-refractivity contribution in [2.45, 2.75) is 6.42 Å². The summed E-state index contributed by atoms with van der Waals surface area (Å²) in [6, 6.07) is 6.56. The third-order valence-electron chi connectivity index (χ3n) is 2.37. The minimum atomic E-state index is -0.221. The van der Waals surface area contributed by atoms with E-state index in [-0.39, 0.29) is 18.2 Å². The summed E-state index contributed by atoms with van der Waals surface area (Å²) in [7, 11) is 1.57. The molecule has 0 heterocycles. The highest BCUT2D eigenvalue weighted by atomic mass is 35.5. The van der Waals surface area contributed by atoms with E-state index >= 15 is 0 Å². The molecule has 0 saturated heterocycles. The number of hydrogen-bond acceptors (Lipinski definition) is 3. The Morgan fingerprint density at radius 2 is 1.84 bits per heavy atom. The van der Waals surface area contributed by atoms with E-state index in [0.717, 1.165) is 0 Å². The van der Waals surface area contributed by atoms with Gasteiger partial charge in [0.05, 0.1) is 6.61 Å². The van der Waals surface area contributed by atoms with Crippen LogP contribution in [-0.2, 0) is 9.53 Å². The fourth-order valence-electron chi connectivity index (χ4n) is 1.37. The van der Waals surface area contributed by atoms with Gasteiger partial charge in [0, 0.05) is 37.2 Å². The van der Waals surface area contributed by atoms with Crippen LogP contribution in [-0.4, -0.2) is 38.6 Å². The van der Waals surface area contributed by atoms with Crippen molar-refractivity contribution in [1.29, 1.82) is 0 Å². The number of carbonyl (C=O) groups is 2. The van der Waals surface area contributed by atoms with Crippen molar-refractivity contribution in [3.8, 4) is 0 Å². The van der Waals surface area contributed by atoms with Gasteiger partial charge in [-0.25, -0.2) is 0 Å². The molecule has 0 spiro atoms. The number of hydrogen-bond donors (Lipinski definition) is 2. The molecule has 0 aliphatic heterocycles. The summed E-state index contributed by atoms with van der Waals surface area (Å²) in [6.07, 6.45) is 0.239. The van der Waals surface area contributed by atoms with Crippen LogP contribution in [0.15, 0.2) is 24.3 Å². The molecule has 0 fully saturated rings. The van der Waals surface area contributed by atoms with Gasteiger partial charge in [0.25, 0.3) is 5.91 Å². The van der Waals surface area contributed by atoms with Crippen LogP contribution in [0.5, 0.6) is 0 Å². The second-order valence-corrected chi connectivity index (χ2v) is 4.29. The Bertz CT molecular complexity index is 420. The molecular formula is C13H17ClN2O3. The lowest BCUT2D eigenvalue weighted by Crippen LogP contribution is -2.32. The molecule has 1 rings (SSSR count). The summed E-state index contributed by atoms with van der Waals surface area (Å²) in [5.41, 5.74) is 0.518. The highest BCUT2D eigenvalue weighted by Gasteiger charge is 2.06. The van der Waals surface area contributed by atoms with Crippen LogP contribution in [0, 0.1) is 0 Å². The predicted octanol–water partition coefficient (Wildman–Crippen LogP) is 1.22. The minimum Gasteiger partial charge on any atom is -0.383 e. The molecule has 0 bridgehead atoms. The lowest BCUT2D eigenvalue weighted by molar-refractivity contribution is -0.121. The van der Waals surface area contributed by atoms with Gasteiger partial charge < -0.3 is 15.4 Å². The lowest BCUT2D eigenvalue weighted by Gasteiger charge is -2.06. The molecule has 1 aromatic rings. The highest BCUT2D eigenvalue weighted by Crippen LogP contribution is 2.09. The van der Waals surface area contributed by atoms with Crippen molar-refractivity contribution >= 4 is 23.4 Å². The van der Waals surface area contributed by atoms with Gasteiger partial charge in [-0.05, 0) is 24.3 Å². The van der Waals surface area contributed by atoms with E-state index in [1.165, 1.54) is 0 Å². The molecule has 2 N–H and O–H groups in total. The third-order valence-corrected chi connectivity index (χ3v) is 2.62. The molecule has 0 aromatic heterocycles. The van der Waals surface area contributed by atoms with Crippen LogP contribution in [0.3, 0.4) is 0 Å². The van der Waals surface area contributed by atoms with Crippen molar-refractivity contribution in [3.05, 3.63) is 34.9 Å². The fourth-order valence-corrected chi connectivity index (χ4v) is 1.50. The van der Waals surface area contributed by atoms with Gasteiger partial charge in [-0.15, -0.1) is 0 Å². The molecule has 0 atom stereocenters. The average molecular weight is 285 g/mol. The number of methoxy groups -OCH3 is 1. The van der Waals surface area contributed by atoms with Crippen LogP contribution in [0.2, 0.25) is 5.02 Å². The zero-order valence-corrected chi connectivity index (χ0v) is 11.5. The van der Waals surface area contributed by atoms with Gasteiger partial charge in [-0.2, -0.15) is 0 Å². The number of ether oxygens (including phenoxy) is 1. The van der Waals surface area contributed by atoms with E-state index in [2.05, 4.69) is 10.6 Å². The van der Waals surface area contributed by atoms with E-state index in [1.807, 2.05) is 0 Å². The zero-order chi connectivity index (χ0) is 14.1. The molecule has 104 valence electrons. The summed E-state index contributed by atoms with van der Waals surface area (Å²) >= 11 is 5.73. The second-order valence-electron chi connectivity index (χ2n) is 3.86. The number of halogens is 1. The maximum absolute atomic E-state index is 11.7. The molecule has 1 aromatic carbocycles. The van der Waals surface area contributed by atoms with E-state index < -0.39 is 0 Å². The monoisotopic (exact) mass is 284 g/mol. The minimum absolute atomic E-state index is 0.117. The van der Waals surface area contributed by atoms with E-state index in [9.17, 15) is 9.59 Å². The molecular weight excluding hydrogens is 268 g/mol. The maximum Gasteiger partial charge on any atom is 0.251 e. The van der Waals surface area contributed by atoms with Gasteiger partial charge in [0.1, 0.15) is 0 Å². The van der Waals surface area contributed by atoms with Crippen LogP contribution in [0.4, 0.5) is 0 Å². The van der Waals surface area contributed by atoms with E-state index in [4.69, 9.17) is 16.3 Å². The van der Waals surface area contributed by atoms with E-state index in [0.29, 0.717) is 30.3 Å². The van der Waals surface area contributed by atoms with Gasteiger partial charge >= 0.3 is 0 Å². The summed E-state index contributed by atoms with van der Waals surface area (Å²) in [5.74, 6) is -0.338. The Kier molecular flexibility index (Phi) is 6.92. The number of benzene rings is 1. The van der Waals surface area contributed by atoms with Crippen LogP contribution in [0.1, 0.15) is 16.8 Å². The van der Waals surface area contributed by atoms with Crippen molar-refractivity contribution in [2.75, 3.05) is 26.8 Å². The largest absolute Gasteiger partial charge is 0.383 e. The number of carbonyl (C=O) groups excluding carboxylic acids is 2. The summed E-state index contributed by atoms with van der Waals surface area (Å²) < 4.78 is 4.81. The van der Waals surface area contributed by atoms with Gasteiger partial charge in [0.2, 0.25) is 5.91 Å². The average Bonchev–Trinajstić information content (AvgIpc) is 2.39. The Labute approximate surface area is 117 Å². The molecule has 0 radical (unpaired) electrons. The Balaban J connectivity index is 2.23. The normalized spacial score (nSPS) is 10.0. The molecule has 5 nitrogen and oxygen atoms in total. The lowest BCUT2D eigenvalue weighted by atomic mass is 10.2. The van der Waals surface area contributed by atoms with Crippen molar-refractivity contribution in [3.63, 3.8) is 0 Å². The highest BCUT2D eigenvalue weighted by molar-refractivity contribution is 6.30. The number of amides is 2. The molecule has 0 aliphatic rings. The molecule has 0 saturated carbocycles. The number of rotatable bonds is 7. The Morgan fingerprint density at radius 3 is 2.47 bits per heavy atom. The first-order chi connectivity index (χ1) is 9.13. The molecule has 6 heteroatoms. The van der Waals surface area contributed by atoms with Gasteiger partial charge in [-0.1, -0.05) is 11.6 Å². The quantitative estimate of drug-likeness (QED) is 0.740. The first-order valence-electron chi connectivity index (χ1n) is 5.93. The summed E-state index contributed by atoms with van der Waals surface area (Å²) in [5, 5.41) is 5.92. The Morgan fingerprint density at radius 1 is 1.16 bits per heavy atom. The standard InChI is InChI=1S/C13H17ClN2O3/c1-19-9-8-15-12(17)6-7-16-13(18)10-2-4-11(14)5-3-10/h2-5H,6-9H2,1H3,(H,15,17)(H,16,18). The van der Waals surface area contributed by atoms with Crippen LogP contribution in [0.25, 0.3) is 0 Å². The van der Waals surface area contributed by atoms with Crippen molar-refractivity contribution in [1.82, 2.24) is 10.6 Å². The van der Waals surface area contributed by atoms with Gasteiger partial charge in [0.15, 0.2) is 0 Å². The Hall–Kier alpha value is -1.59. The second kappa shape index (κ2) is 8.50. The van der Waals surface area contributed by atoms with Crippen LogP contribution < -0.4 is 10.6 Å². The summed E-state index contributed by atoms with van der Waals surface area (Å²) in [6.45, 7) is 1.24. The predicted molar refractivity (Wildman–Crippen MR) is 73.3 cm³/mol. The molecule has 0 unspecified atom stereocenters. The summed E-state index contributed by atoms with van der Waals surface area (Å²) in [4.78, 5) is 23.0. The third kappa shape index (κ3) is 6.22. The van der Waals surface area contributed by atoms with Gasteiger partial charge in [-0.3, -0.25) is 9.59 Å². The maximum atomic E-state index is 11.7. The zero-order valence-electron chi connectivity index (χ0n) is 10.7.